The van der Waals surface area contributed by atoms with E-state index in [2.05, 4.69) is 5.32 Å². The van der Waals surface area contributed by atoms with Crippen molar-refractivity contribution < 1.29 is 14.3 Å². The van der Waals surface area contributed by atoms with Crippen molar-refractivity contribution in [2.24, 2.45) is 0 Å². The molecule has 1 aromatic rings. The molecule has 0 spiro atoms. The van der Waals surface area contributed by atoms with Gasteiger partial charge in [0.25, 0.3) is 0 Å². The lowest BCUT2D eigenvalue weighted by atomic mass is 10.2. The summed E-state index contributed by atoms with van der Waals surface area (Å²) >= 11 is 0. The number of anilines is 1. The number of ether oxygens (including phenoxy) is 2. The van der Waals surface area contributed by atoms with Gasteiger partial charge in [-0.25, -0.2) is 4.79 Å². The zero-order valence-electron chi connectivity index (χ0n) is 11.4. The van der Waals surface area contributed by atoms with Crippen LogP contribution in [0.1, 0.15) is 27.7 Å². The molecule has 0 aliphatic rings. The molecule has 0 bridgehead atoms. The third-order valence-corrected chi connectivity index (χ3v) is 2.25. The third kappa shape index (κ3) is 4.65. The molecule has 100 valence electrons. The second kappa shape index (κ2) is 6.89. The lowest BCUT2D eigenvalue weighted by molar-refractivity contribution is -0.143. The summed E-state index contributed by atoms with van der Waals surface area (Å²) in [7, 11) is 0. The van der Waals surface area contributed by atoms with Gasteiger partial charge in [-0.2, -0.15) is 0 Å². The predicted molar refractivity (Wildman–Crippen MR) is 71.9 cm³/mol. The number of hydrogen-bond donors (Lipinski definition) is 1. The van der Waals surface area contributed by atoms with Crippen LogP contribution < -0.4 is 10.1 Å². The maximum absolute atomic E-state index is 11.5. The van der Waals surface area contributed by atoms with E-state index in [1.165, 1.54) is 0 Å². The van der Waals surface area contributed by atoms with E-state index in [1.54, 1.807) is 13.8 Å². The Labute approximate surface area is 108 Å². The van der Waals surface area contributed by atoms with Crippen molar-refractivity contribution in [2.75, 3.05) is 11.9 Å². The first-order chi connectivity index (χ1) is 8.52. The van der Waals surface area contributed by atoms with Gasteiger partial charge < -0.3 is 14.8 Å². The quantitative estimate of drug-likeness (QED) is 0.790. The lowest BCUT2D eigenvalue weighted by Gasteiger charge is -2.15. The molecule has 4 heteroatoms. The highest BCUT2D eigenvalue weighted by molar-refractivity contribution is 5.78. The van der Waals surface area contributed by atoms with Crippen molar-refractivity contribution in [1.82, 2.24) is 0 Å². The average molecular weight is 251 g/mol. The van der Waals surface area contributed by atoms with Crippen LogP contribution in [0.25, 0.3) is 0 Å². The Balaban J connectivity index is 2.55. The number of rotatable bonds is 6. The minimum absolute atomic E-state index is 0.155. The molecule has 1 rings (SSSR count). The van der Waals surface area contributed by atoms with Crippen LogP contribution >= 0.6 is 0 Å². The number of nitrogens with one attached hydrogen (secondary N) is 1. The monoisotopic (exact) mass is 251 g/mol. The van der Waals surface area contributed by atoms with Gasteiger partial charge in [0.05, 0.1) is 12.7 Å². The van der Waals surface area contributed by atoms with Gasteiger partial charge in [-0.05, 0) is 52.0 Å². The van der Waals surface area contributed by atoms with E-state index in [-0.39, 0.29) is 18.1 Å². The van der Waals surface area contributed by atoms with Crippen molar-refractivity contribution in [3.63, 3.8) is 0 Å². The number of esters is 1. The second-order valence-electron chi connectivity index (χ2n) is 4.31. The van der Waals surface area contributed by atoms with Crippen LogP contribution in [-0.2, 0) is 9.53 Å². The first-order valence-electron chi connectivity index (χ1n) is 6.22. The first kappa shape index (κ1) is 14.4. The molecule has 0 amide bonds. The van der Waals surface area contributed by atoms with Crippen molar-refractivity contribution in [3.05, 3.63) is 24.3 Å². The summed E-state index contributed by atoms with van der Waals surface area (Å²) in [5.74, 6) is 0.569. The summed E-state index contributed by atoms with van der Waals surface area (Å²) in [6, 6.07) is 7.16. The Morgan fingerprint density at radius 3 is 2.33 bits per heavy atom. The maximum Gasteiger partial charge on any atom is 0.328 e. The number of hydrogen-bond acceptors (Lipinski definition) is 4. The molecule has 1 aromatic carbocycles. The van der Waals surface area contributed by atoms with Crippen LogP contribution in [0.4, 0.5) is 5.69 Å². The van der Waals surface area contributed by atoms with Gasteiger partial charge >= 0.3 is 5.97 Å². The van der Waals surface area contributed by atoms with Crippen LogP contribution in [0.15, 0.2) is 24.3 Å². The molecule has 0 radical (unpaired) electrons. The standard InChI is InChI=1S/C14H21NO3/c1-5-17-14(16)11(4)15-12-6-8-13(9-7-12)18-10(2)3/h6-11,15H,5H2,1-4H3. The van der Waals surface area contributed by atoms with Crippen LogP contribution in [0.2, 0.25) is 0 Å². The van der Waals surface area contributed by atoms with E-state index in [1.807, 2.05) is 38.1 Å². The molecule has 1 atom stereocenters. The van der Waals surface area contributed by atoms with Gasteiger partial charge in [-0.1, -0.05) is 0 Å². The fourth-order valence-corrected chi connectivity index (χ4v) is 1.48. The SMILES string of the molecule is CCOC(=O)C(C)Nc1ccc(OC(C)C)cc1. The molecule has 18 heavy (non-hydrogen) atoms. The summed E-state index contributed by atoms with van der Waals surface area (Å²) in [6.45, 7) is 7.93. The summed E-state index contributed by atoms with van der Waals surface area (Å²) in [4.78, 5) is 11.5. The van der Waals surface area contributed by atoms with Gasteiger partial charge in [-0.3, -0.25) is 0 Å². The Hall–Kier alpha value is -1.71. The van der Waals surface area contributed by atoms with E-state index in [0.717, 1.165) is 11.4 Å². The van der Waals surface area contributed by atoms with Crippen molar-refractivity contribution >= 4 is 11.7 Å². The van der Waals surface area contributed by atoms with Gasteiger partial charge in [0, 0.05) is 5.69 Å². The zero-order valence-corrected chi connectivity index (χ0v) is 11.4. The summed E-state index contributed by atoms with van der Waals surface area (Å²) in [5, 5.41) is 3.08. The van der Waals surface area contributed by atoms with Crippen LogP contribution in [0.3, 0.4) is 0 Å². The van der Waals surface area contributed by atoms with Crippen molar-refractivity contribution in [1.29, 1.82) is 0 Å². The summed E-state index contributed by atoms with van der Waals surface area (Å²) in [6.07, 6.45) is 0.155. The molecule has 0 saturated heterocycles. The molecular formula is C14H21NO3. The zero-order chi connectivity index (χ0) is 13.5. The van der Waals surface area contributed by atoms with Crippen LogP contribution in [-0.4, -0.2) is 24.7 Å². The minimum atomic E-state index is -0.359. The van der Waals surface area contributed by atoms with Crippen LogP contribution in [0, 0.1) is 0 Å². The fraction of sp³-hybridized carbons (Fsp3) is 0.500. The maximum atomic E-state index is 11.5. The Kier molecular flexibility index (Phi) is 5.49. The Morgan fingerprint density at radius 2 is 1.83 bits per heavy atom. The normalized spacial score (nSPS) is 12.1. The highest BCUT2D eigenvalue weighted by atomic mass is 16.5. The smallest absolute Gasteiger partial charge is 0.328 e. The van der Waals surface area contributed by atoms with Gasteiger partial charge in [0.2, 0.25) is 0 Å². The van der Waals surface area contributed by atoms with Crippen molar-refractivity contribution in [3.8, 4) is 5.75 Å². The van der Waals surface area contributed by atoms with E-state index in [0.29, 0.717) is 6.61 Å². The van der Waals surface area contributed by atoms with Gasteiger partial charge in [0.15, 0.2) is 0 Å². The van der Waals surface area contributed by atoms with Crippen molar-refractivity contribution in [2.45, 2.75) is 39.8 Å². The molecular weight excluding hydrogens is 230 g/mol. The predicted octanol–water partition coefficient (Wildman–Crippen LogP) is 2.84. The average Bonchev–Trinajstić information content (AvgIpc) is 2.31. The molecule has 0 aliphatic carbocycles. The lowest BCUT2D eigenvalue weighted by Crippen LogP contribution is -2.28. The summed E-state index contributed by atoms with van der Waals surface area (Å²) in [5.41, 5.74) is 0.867. The largest absolute Gasteiger partial charge is 0.491 e. The highest BCUT2D eigenvalue weighted by Crippen LogP contribution is 2.17. The van der Waals surface area contributed by atoms with Crippen LogP contribution in [0.5, 0.6) is 5.75 Å². The highest BCUT2D eigenvalue weighted by Gasteiger charge is 2.13. The summed E-state index contributed by atoms with van der Waals surface area (Å²) < 4.78 is 10.5. The fourth-order valence-electron chi connectivity index (χ4n) is 1.48. The van der Waals surface area contributed by atoms with Gasteiger partial charge in [0.1, 0.15) is 11.8 Å². The molecule has 4 nitrogen and oxygen atoms in total. The molecule has 1 unspecified atom stereocenters. The first-order valence-corrected chi connectivity index (χ1v) is 6.22. The topological polar surface area (TPSA) is 47.6 Å². The van der Waals surface area contributed by atoms with E-state index < -0.39 is 0 Å². The number of carbonyl (C=O) groups is 1. The van der Waals surface area contributed by atoms with Gasteiger partial charge in [-0.15, -0.1) is 0 Å². The molecule has 0 saturated carbocycles. The van der Waals surface area contributed by atoms with E-state index in [9.17, 15) is 4.79 Å². The second-order valence-corrected chi connectivity index (χ2v) is 4.31. The molecule has 0 aliphatic heterocycles. The number of benzene rings is 1. The van der Waals surface area contributed by atoms with E-state index in [4.69, 9.17) is 9.47 Å². The number of carbonyl (C=O) groups excluding carboxylic acids is 1. The molecule has 1 N–H and O–H groups in total. The van der Waals surface area contributed by atoms with E-state index >= 15 is 0 Å². The molecule has 0 aromatic heterocycles. The Morgan fingerprint density at radius 1 is 1.22 bits per heavy atom. The Bertz CT molecular complexity index is 373. The minimum Gasteiger partial charge on any atom is -0.491 e. The molecule has 0 fully saturated rings. The third-order valence-electron chi connectivity index (χ3n) is 2.25. The molecule has 0 heterocycles.